The van der Waals surface area contributed by atoms with Gasteiger partial charge in [0, 0.05) is 26.0 Å². The van der Waals surface area contributed by atoms with Crippen molar-refractivity contribution in [2.45, 2.75) is 26.5 Å². The standard InChI is InChI=1S/C12H18N2O2/c1-10(2)16-9-12(15)14(3)8-11-4-6-13-7-5-11/h4-7,10H,8-9H2,1-3H3. The molecule has 0 atom stereocenters. The van der Waals surface area contributed by atoms with Crippen LogP contribution in [0.5, 0.6) is 0 Å². The molecule has 4 nitrogen and oxygen atoms in total. The Morgan fingerprint density at radius 2 is 2.06 bits per heavy atom. The van der Waals surface area contributed by atoms with E-state index in [1.54, 1.807) is 24.3 Å². The van der Waals surface area contributed by atoms with Gasteiger partial charge in [0.1, 0.15) is 6.61 Å². The largest absolute Gasteiger partial charge is 0.369 e. The normalized spacial score (nSPS) is 10.5. The Labute approximate surface area is 96.2 Å². The molecule has 88 valence electrons. The number of hydrogen-bond acceptors (Lipinski definition) is 3. The predicted molar refractivity (Wildman–Crippen MR) is 61.8 cm³/mol. The van der Waals surface area contributed by atoms with Crippen molar-refractivity contribution in [3.63, 3.8) is 0 Å². The number of ether oxygens (including phenoxy) is 1. The molecule has 0 aliphatic carbocycles. The number of pyridine rings is 1. The Balaban J connectivity index is 2.40. The second-order valence-electron chi connectivity index (χ2n) is 3.97. The molecular weight excluding hydrogens is 204 g/mol. The van der Waals surface area contributed by atoms with Gasteiger partial charge in [-0.2, -0.15) is 0 Å². The summed E-state index contributed by atoms with van der Waals surface area (Å²) in [5.74, 6) is -0.00878. The van der Waals surface area contributed by atoms with Crippen molar-refractivity contribution >= 4 is 5.91 Å². The smallest absolute Gasteiger partial charge is 0.248 e. The van der Waals surface area contributed by atoms with E-state index in [-0.39, 0.29) is 18.6 Å². The summed E-state index contributed by atoms with van der Waals surface area (Å²) in [6.07, 6.45) is 3.52. The minimum Gasteiger partial charge on any atom is -0.369 e. The Morgan fingerprint density at radius 1 is 1.44 bits per heavy atom. The Kier molecular flexibility index (Phi) is 4.92. The van der Waals surface area contributed by atoms with Crippen molar-refractivity contribution in [3.05, 3.63) is 30.1 Å². The topological polar surface area (TPSA) is 42.4 Å². The number of rotatable bonds is 5. The van der Waals surface area contributed by atoms with Gasteiger partial charge in [-0.3, -0.25) is 9.78 Å². The summed E-state index contributed by atoms with van der Waals surface area (Å²) in [7, 11) is 1.77. The Morgan fingerprint density at radius 3 is 2.62 bits per heavy atom. The highest BCUT2D eigenvalue weighted by Crippen LogP contribution is 2.01. The molecule has 0 aliphatic rings. The van der Waals surface area contributed by atoms with E-state index in [4.69, 9.17) is 4.74 Å². The van der Waals surface area contributed by atoms with Gasteiger partial charge in [-0.25, -0.2) is 0 Å². The zero-order chi connectivity index (χ0) is 12.0. The Hall–Kier alpha value is -1.42. The lowest BCUT2D eigenvalue weighted by Gasteiger charge is -2.18. The first-order valence-electron chi connectivity index (χ1n) is 5.34. The fourth-order valence-electron chi connectivity index (χ4n) is 1.20. The third-order valence-electron chi connectivity index (χ3n) is 2.13. The highest BCUT2D eigenvalue weighted by molar-refractivity contribution is 5.77. The van der Waals surface area contributed by atoms with E-state index >= 15 is 0 Å². The maximum Gasteiger partial charge on any atom is 0.248 e. The molecule has 0 radical (unpaired) electrons. The van der Waals surface area contributed by atoms with Gasteiger partial charge in [0.05, 0.1) is 6.10 Å². The number of aromatic nitrogens is 1. The van der Waals surface area contributed by atoms with Crippen LogP contribution in [0.15, 0.2) is 24.5 Å². The fraction of sp³-hybridized carbons (Fsp3) is 0.500. The van der Waals surface area contributed by atoms with Gasteiger partial charge in [0.25, 0.3) is 0 Å². The van der Waals surface area contributed by atoms with Crippen LogP contribution in [0.1, 0.15) is 19.4 Å². The highest BCUT2D eigenvalue weighted by Gasteiger charge is 2.09. The number of nitrogens with zero attached hydrogens (tertiary/aromatic N) is 2. The van der Waals surface area contributed by atoms with E-state index in [1.807, 2.05) is 26.0 Å². The van der Waals surface area contributed by atoms with E-state index in [1.165, 1.54) is 0 Å². The molecular formula is C12H18N2O2. The van der Waals surface area contributed by atoms with Crippen LogP contribution >= 0.6 is 0 Å². The van der Waals surface area contributed by atoms with Gasteiger partial charge in [0.15, 0.2) is 0 Å². The SMILES string of the molecule is CC(C)OCC(=O)N(C)Cc1ccncc1. The molecule has 1 heterocycles. The van der Waals surface area contributed by atoms with Crippen LogP contribution in [0.2, 0.25) is 0 Å². The maximum atomic E-state index is 11.6. The van der Waals surface area contributed by atoms with Crippen LogP contribution in [0.3, 0.4) is 0 Å². The summed E-state index contributed by atoms with van der Waals surface area (Å²) >= 11 is 0. The van der Waals surface area contributed by atoms with Crippen LogP contribution in [0.4, 0.5) is 0 Å². The third kappa shape index (κ3) is 4.40. The molecule has 0 aliphatic heterocycles. The Bertz CT molecular complexity index is 325. The minimum atomic E-state index is -0.00878. The maximum absolute atomic E-state index is 11.6. The van der Waals surface area contributed by atoms with Gasteiger partial charge in [-0.1, -0.05) is 0 Å². The second-order valence-corrected chi connectivity index (χ2v) is 3.97. The molecule has 0 fully saturated rings. The van der Waals surface area contributed by atoms with Gasteiger partial charge < -0.3 is 9.64 Å². The first-order chi connectivity index (χ1) is 7.59. The van der Waals surface area contributed by atoms with Gasteiger partial charge in [-0.15, -0.1) is 0 Å². The molecule has 1 aromatic heterocycles. The van der Waals surface area contributed by atoms with E-state index in [0.29, 0.717) is 6.54 Å². The van der Waals surface area contributed by atoms with Crippen LogP contribution in [-0.2, 0) is 16.1 Å². The molecule has 0 aromatic carbocycles. The van der Waals surface area contributed by atoms with Crippen molar-refractivity contribution in [2.75, 3.05) is 13.7 Å². The highest BCUT2D eigenvalue weighted by atomic mass is 16.5. The number of amides is 1. The average molecular weight is 222 g/mol. The van der Waals surface area contributed by atoms with Gasteiger partial charge in [0.2, 0.25) is 5.91 Å². The van der Waals surface area contributed by atoms with Crippen LogP contribution < -0.4 is 0 Å². The van der Waals surface area contributed by atoms with Crippen molar-refractivity contribution in [1.82, 2.24) is 9.88 Å². The molecule has 0 saturated carbocycles. The molecule has 4 heteroatoms. The summed E-state index contributed by atoms with van der Waals surface area (Å²) in [5.41, 5.74) is 1.07. The number of likely N-dealkylation sites (N-methyl/N-ethyl adjacent to an activating group) is 1. The van der Waals surface area contributed by atoms with Crippen LogP contribution in [-0.4, -0.2) is 35.5 Å². The van der Waals surface area contributed by atoms with Gasteiger partial charge in [-0.05, 0) is 31.5 Å². The number of carbonyl (C=O) groups excluding carboxylic acids is 1. The van der Waals surface area contributed by atoms with E-state index < -0.39 is 0 Å². The zero-order valence-corrected chi connectivity index (χ0v) is 10.0. The van der Waals surface area contributed by atoms with Crippen molar-refractivity contribution in [3.8, 4) is 0 Å². The summed E-state index contributed by atoms with van der Waals surface area (Å²) in [5, 5.41) is 0. The second kappa shape index (κ2) is 6.23. The lowest BCUT2D eigenvalue weighted by molar-refractivity contribution is -0.136. The molecule has 0 saturated heterocycles. The summed E-state index contributed by atoms with van der Waals surface area (Å²) in [6.45, 7) is 4.55. The monoisotopic (exact) mass is 222 g/mol. The minimum absolute atomic E-state index is 0.00878. The first kappa shape index (κ1) is 12.6. The average Bonchev–Trinajstić information content (AvgIpc) is 2.27. The first-order valence-corrected chi connectivity index (χ1v) is 5.34. The van der Waals surface area contributed by atoms with Crippen molar-refractivity contribution in [2.24, 2.45) is 0 Å². The van der Waals surface area contributed by atoms with Crippen molar-refractivity contribution < 1.29 is 9.53 Å². The number of carbonyl (C=O) groups is 1. The number of hydrogen-bond donors (Lipinski definition) is 0. The lowest BCUT2D eigenvalue weighted by atomic mass is 10.2. The van der Waals surface area contributed by atoms with Crippen molar-refractivity contribution in [1.29, 1.82) is 0 Å². The molecule has 1 amide bonds. The molecule has 1 rings (SSSR count). The van der Waals surface area contributed by atoms with E-state index in [0.717, 1.165) is 5.56 Å². The van der Waals surface area contributed by atoms with Gasteiger partial charge >= 0.3 is 0 Å². The fourth-order valence-corrected chi connectivity index (χ4v) is 1.20. The van der Waals surface area contributed by atoms with E-state index in [2.05, 4.69) is 4.98 Å². The molecule has 16 heavy (non-hydrogen) atoms. The molecule has 0 bridgehead atoms. The predicted octanol–water partition coefficient (Wildman–Crippen LogP) is 1.46. The van der Waals surface area contributed by atoms with Crippen LogP contribution in [0, 0.1) is 0 Å². The quantitative estimate of drug-likeness (QED) is 0.757. The summed E-state index contributed by atoms with van der Waals surface area (Å²) < 4.78 is 5.26. The van der Waals surface area contributed by atoms with E-state index in [9.17, 15) is 4.79 Å². The molecule has 0 unspecified atom stereocenters. The lowest BCUT2D eigenvalue weighted by Crippen LogP contribution is -2.30. The van der Waals surface area contributed by atoms with Crippen LogP contribution in [0.25, 0.3) is 0 Å². The summed E-state index contributed by atoms with van der Waals surface area (Å²) in [4.78, 5) is 17.2. The molecule has 0 N–H and O–H groups in total. The molecule has 0 spiro atoms. The zero-order valence-electron chi connectivity index (χ0n) is 10.0. The molecule has 1 aromatic rings. The summed E-state index contributed by atoms with van der Waals surface area (Å²) in [6, 6.07) is 3.79. The third-order valence-corrected chi connectivity index (χ3v) is 2.13.